The smallest absolute Gasteiger partial charge is 0.211 e. The van der Waals surface area contributed by atoms with Gasteiger partial charge in [-0.2, -0.15) is 0 Å². The van der Waals surface area contributed by atoms with Crippen LogP contribution in [0, 0.1) is 0 Å². The van der Waals surface area contributed by atoms with Crippen molar-refractivity contribution < 1.29 is 4.70 Å². The Morgan fingerprint density at radius 2 is 1.08 bits per heavy atom. The van der Waals surface area contributed by atoms with Gasteiger partial charge in [0.1, 0.15) is 0 Å². The molecule has 194 valence electrons. The van der Waals surface area contributed by atoms with E-state index in [4.69, 9.17) is 0 Å². The normalized spacial score (nSPS) is 13.8. The van der Waals surface area contributed by atoms with E-state index < -0.39 is 0 Å². The Kier molecular flexibility index (Phi) is 11.7. The molecule has 2 aromatic rings. The van der Waals surface area contributed by atoms with Crippen molar-refractivity contribution in [1.82, 2.24) is 0 Å². The van der Waals surface area contributed by atoms with Gasteiger partial charge in [-0.25, -0.2) is 4.70 Å². The third-order valence-corrected chi connectivity index (χ3v) is 7.49. The second-order valence-corrected chi connectivity index (χ2v) is 10.5. The lowest BCUT2D eigenvalue weighted by Crippen LogP contribution is -2.03. The summed E-state index contributed by atoms with van der Waals surface area (Å²) < 4.78 is 1.54. The van der Waals surface area contributed by atoms with Crippen LogP contribution >= 0.6 is 0 Å². The maximum Gasteiger partial charge on any atom is 0.211 e. The van der Waals surface area contributed by atoms with Crippen molar-refractivity contribution in [1.29, 1.82) is 0 Å². The molecular weight excluding hydrogens is 436 g/mol. The standard InChI is InChI=1S/C34H48N2/c1-5-9-13-14-21-32-31(20-12-8-4)34(30-19-15-18-28(26-30)17-11-7-3)36(35)33(32)29-24-22-27(23-25-29)16-10-6-2/h15,18-19,22-26H,5-14,16-17,20-21H2,1-4H3. The van der Waals surface area contributed by atoms with Crippen molar-refractivity contribution in [3.05, 3.63) is 87.5 Å². The lowest BCUT2D eigenvalue weighted by molar-refractivity contribution is -0.345. The lowest BCUT2D eigenvalue weighted by atomic mass is 9.91. The molecule has 0 atom stereocenters. The Morgan fingerprint density at radius 1 is 0.528 bits per heavy atom. The van der Waals surface area contributed by atoms with Crippen molar-refractivity contribution >= 4 is 11.4 Å². The summed E-state index contributed by atoms with van der Waals surface area (Å²) in [6, 6.07) is 17.9. The monoisotopic (exact) mass is 484 g/mol. The van der Waals surface area contributed by atoms with Crippen molar-refractivity contribution in [2.75, 3.05) is 0 Å². The van der Waals surface area contributed by atoms with Crippen molar-refractivity contribution in [3.8, 4) is 0 Å². The average molecular weight is 485 g/mol. The zero-order valence-corrected chi connectivity index (χ0v) is 23.4. The van der Waals surface area contributed by atoms with Gasteiger partial charge in [-0.15, -0.1) is 0 Å². The van der Waals surface area contributed by atoms with E-state index in [1.807, 2.05) is 0 Å². The van der Waals surface area contributed by atoms with Crippen LogP contribution in [0.2, 0.25) is 0 Å². The van der Waals surface area contributed by atoms with Gasteiger partial charge in [0.25, 0.3) is 0 Å². The van der Waals surface area contributed by atoms with E-state index in [-0.39, 0.29) is 0 Å². The molecule has 2 heteroatoms. The van der Waals surface area contributed by atoms with E-state index in [0.717, 1.165) is 61.0 Å². The highest BCUT2D eigenvalue weighted by Gasteiger charge is 2.35. The predicted octanol–water partition coefficient (Wildman–Crippen LogP) is 10.7. The number of unbranched alkanes of at least 4 members (excludes halogenated alkanes) is 6. The second kappa shape index (κ2) is 14.9. The number of hydrogen-bond donors (Lipinski definition) is 0. The molecule has 0 fully saturated rings. The van der Waals surface area contributed by atoms with Gasteiger partial charge >= 0.3 is 0 Å². The minimum absolute atomic E-state index is 1.01. The third kappa shape index (κ3) is 7.28. The maximum absolute atomic E-state index is 11.8. The van der Waals surface area contributed by atoms with Crippen molar-refractivity contribution in [3.63, 3.8) is 0 Å². The molecule has 0 N–H and O–H groups in total. The quantitative estimate of drug-likeness (QED) is 0.167. The summed E-state index contributed by atoms with van der Waals surface area (Å²) in [5.74, 6) is 0. The summed E-state index contributed by atoms with van der Waals surface area (Å²) in [7, 11) is 0. The first-order valence-electron chi connectivity index (χ1n) is 14.8. The molecule has 0 saturated heterocycles. The average Bonchev–Trinajstić information content (AvgIpc) is 3.18. The van der Waals surface area contributed by atoms with Crippen molar-refractivity contribution in [2.24, 2.45) is 0 Å². The highest BCUT2D eigenvalue weighted by molar-refractivity contribution is 5.82. The van der Waals surface area contributed by atoms with Crippen LogP contribution in [0.1, 0.15) is 127 Å². The number of hydrogen-bond acceptors (Lipinski definition) is 0. The largest absolute Gasteiger partial charge is 0.493 e. The Hall–Kier alpha value is -2.48. The predicted molar refractivity (Wildman–Crippen MR) is 156 cm³/mol. The highest BCUT2D eigenvalue weighted by Crippen LogP contribution is 2.44. The van der Waals surface area contributed by atoms with Gasteiger partial charge in [0.05, 0.1) is 0 Å². The minimum Gasteiger partial charge on any atom is -0.493 e. The Balaban J connectivity index is 2.05. The first-order valence-corrected chi connectivity index (χ1v) is 14.8. The summed E-state index contributed by atoms with van der Waals surface area (Å²) >= 11 is 0. The van der Waals surface area contributed by atoms with E-state index >= 15 is 0 Å². The second-order valence-electron chi connectivity index (χ2n) is 10.5. The van der Waals surface area contributed by atoms with Crippen LogP contribution in [0.15, 0.2) is 59.7 Å². The molecule has 0 aromatic heterocycles. The fourth-order valence-electron chi connectivity index (χ4n) is 5.33. The molecule has 1 aliphatic rings. The molecule has 0 unspecified atom stereocenters. The Morgan fingerprint density at radius 3 is 1.72 bits per heavy atom. The third-order valence-electron chi connectivity index (χ3n) is 7.49. The van der Waals surface area contributed by atoms with E-state index in [9.17, 15) is 5.53 Å². The van der Waals surface area contributed by atoms with Crippen LogP contribution in [0.25, 0.3) is 16.9 Å². The first kappa shape index (κ1) is 28.1. The zero-order chi connectivity index (χ0) is 25.8. The fraction of sp³-hybridized carbons (Fsp3) is 0.529. The van der Waals surface area contributed by atoms with E-state index in [1.165, 1.54) is 73.6 Å². The van der Waals surface area contributed by atoms with E-state index in [2.05, 4.69) is 76.2 Å². The van der Waals surface area contributed by atoms with E-state index in [0.29, 0.717) is 0 Å². The van der Waals surface area contributed by atoms with Crippen LogP contribution in [0.3, 0.4) is 0 Å². The number of rotatable bonds is 16. The van der Waals surface area contributed by atoms with Crippen LogP contribution in [0.4, 0.5) is 0 Å². The minimum atomic E-state index is 1.01. The summed E-state index contributed by atoms with van der Waals surface area (Å²) in [6.45, 7) is 9.02. The lowest BCUT2D eigenvalue weighted by Gasteiger charge is -2.11. The van der Waals surface area contributed by atoms with Gasteiger partial charge in [-0.05, 0) is 86.8 Å². The van der Waals surface area contributed by atoms with Gasteiger partial charge in [0.2, 0.25) is 11.4 Å². The molecule has 0 spiro atoms. The molecule has 1 aliphatic heterocycles. The molecule has 0 aliphatic carbocycles. The Bertz CT molecular complexity index is 1040. The van der Waals surface area contributed by atoms with Gasteiger partial charge < -0.3 is 5.53 Å². The number of benzene rings is 2. The van der Waals surface area contributed by atoms with Crippen LogP contribution in [0.5, 0.6) is 0 Å². The van der Waals surface area contributed by atoms with Crippen LogP contribution in [-0.4, -0.2) is 4.70 Å². The molecular formula is C34H48N2. The fourth-order valence-corrected chi connectivity index (χ4v) is 5.33. The van der Waals surface area contributed by atoms with E-state index in [1.54, 1.807) is 4.70 Å². The molecule has 0 saturated carbocycles. The molecule has 0 bridgehead atoms. The number of allylic oxidation sites excluding steroid dienone is 2. The van der Waals surface area contributed by atoms with Crippen molar-refractivity contribution in [2.45, 2.75) is 118 Å². The molecule has 0 radical (unpaired) electrons. The van der Waals surface area contributed by atoms with Gasteiger partial charge in [-0.1, -0.05) is 90.5 Å². The van der Waals surface area contributed by atoms with Crippen LogP contribution in [-0.2, 0) is 12.8 Å². The summed E-state index contributed by atoms with van der Waals surface area (Å²) in [4.78, 5) is 0. The maximum atomic E-state index is 11.8. The number of aryl methyl sites for hydroxylation is 2. The van der Waals surface area contributed by atoms with Gasteiger partial charge in [0, 0.05) is 22.3 Å². The molecule has 2 aromatic carbocycles. The van der Waals surface area contributed by atoms with Gasteiger partial charge in [0.15, 0.2) is 0 Å². The first-order chi connectivity index (χ1) is 17.6. The number of nitrogens with zero attached hydrogens (tertiary/aromatic N) is 2. The molecule has 1 heterocycles. The van der Waals surface area contributed by atoms with Crippen LogP contribution < -0.4 is 0 Å². The molecule has 3 rings (SSSR count). The topological polar surface area (TPSA) is 25.3 Å². The molecule has 2 nitrogen and oxygen atoms in total. The summed E-state index contributed by atoms with van der Waals surface area (Å²) in [5.41, 5.74) is 21.6. The SMILES string of the molecule is CCCCCCC1=C(c2ccc(CCCC)cc2)[N+](=[N-])C(c2cccc(CCCC)c2)=C1CCCC. The molecule has 36 heavy (non-hydrogen) atoms. The molecule has 0 amide bonds. The highest BCUT2D eigenvalue weighted by atomic mass is 15.2. The summed E-state index contributed by atoms with van der Waals surface area (Å²) in [5, 5.41) is 0. The van der Waals surface area contributed by atoms with Gasteiger partial charge in [-0.3, -0.25) is 0 Å². The zero-order valence-electron chi connectivity index (χ0n) is 23.4. The Labute approximate surface area is 221 Å². The summed E-state index contributed by atoms with van der Waals surface area (Å²) in [6.07, 6.45) is 16.3.